The van der Waals surface area contributed by atoms with Crippen LogP contribution >= 0.6 is 9.24 Å². The summed E-state index contributed by atoms with van der Waals surface area (Å²) in [5, 5.41) is 0. The fraction of sp³-hybridized carbons (Fsp3) is 0.435. The van der Waals surface area contributed by atoms with E-state index in [2.05, 4.69) is 16.2 Å². The van der Waals surface area contributed by atoms with Crippen molar-refractivity contribution in [1.82, 2.24) is 0 Å². The molecule has 1 fully saturated rings. The summed E-state index contributed by atoms with van der Waals surface area (Å²) in [5.41, 5.74) is 2.48. The van der Waals surface area contributed by atoms with Gasteiger partial charge in [-0.15, -0.1) is 9.24 Å². The molecule has 0 amide bonds. The molecule has 0 heterocycles. The molecule has 0 radical (unpaired) electrons. The van der Waals surface area contributed by atoms with Crippen molar-refractivity contribution in [3.05, 3.63) is 59.7 Å². The van der Waals surface area contributed by atoms with Gasteiger partial charge in [-0.05, 0) is 79.6 Å². The van der Waals surface area contributed by atoms with Crippen LogP contribution in [0.1, 0.15) is 45.2 Å². The maximum atomic E-state index is 12.4. The second-order valence-electron chi connectivity index (χ2n) is 7.35. The highest BCUT2D eigenvalue weighted by Crippen LogP contribution is 2.30. The van der Waals surface area contributed by atoms with E-state index in [0.29, 0.717) is 18.3 Å². The van der Waals surface area contributed by atoms with Crippen LogP contribution in [-0.4, -0.2) is 12.6 Å². The number of hydrogen-bond acceptors (Lipinski definition) is 4. The molecule has 0 N–H and O–H groups in total. The standard InChI is InChI=1S/C23H29O4P.H2/c1-2-17-5-13-22(14-6-17)27-25-15-18-3-9-20(10-4-18)23(24)26-21-11-7-19(16-28)8-12-21;/h5-8,11-14,18,20H,2-4,9-10,15-16,28H2,1H3;1H. The maximum absolute atomic E-state index is 12.4. The largest absolute Gasteiger partial charge is 0.426 e. The van der Waals surface area contributed by atoms with Crippen molar-refractivity contribution in [2.24, 2.45) is 11.8 Å². The molecule has 152 valence electrons. The first-order chi connectivity index (χ1) is 13.7. The summed E-state index contributed by atoms with van der Waals surface area (Å²) in [7, 11) is 2.69. The predicted octanol–water partition coefficient (Wildman–Crippen LogP) is 5.59. The van der Waals surface area contributed by atoms with E-state index in [1.54, 1.807) is 0 Å². The Hall–Kier alpha value is -1.90. The van der Waals surface area contributed by atoms with Crippen molar-refractivity contribution in [3.8, 4) is 11.5 Å². The predicted molar refractivity (Wildman–Crippen MR) is 115 cm³/mol. The van der Waals surface area contributed by atoms with Gasteiger partial charge in [0.05, 0.1) is 12.5 Å². The van der Waals surface area contributed by atoms with Crippen molar-refractivity contribution in [2.45, 2.75) is 45.2 Å². The summed E-state index contributed by atoms with van der Waals surface area (Å²) in [5.74, 6) is 1.62. The minimum atomic E-state index is -0.120. The number of hydrogen-bond donors (Lipinski definition) is 0. The zero-order chi connectivity index (χ0) is 19.8. The summed E-state index contributed by atoms with van der Waals surface area (Å²) >= 11 is 0. The van der Waals surface area contributed by atoms with Gasteiger partial charge < -0.3 is 9.62 Å². The maximum Gasteiger partial charge on any atom is 0.314 e. The van der Waals surface area contributed by atoms with Gasteiger partial charge >= 0.3 is 5.97 Å². The topological polar surface area (TPSA) is 44.8 Å². The highest BCUT2D eigenvalue weighted by atomic mass is 31.0. The SMILES string of the molecule is CCc1ccc(OOCC2CCC(C(=O)Oc3ccc(CP)cc3)CC2)cc1.[HH]. The van der Waals surface area contributed by atoms with Gasteiger partial charge in [0, 0.05) is 1.43 Å². The van der Waals surface area contributed by atoms with E-state index < -0.39 is 0 Å². The lowest BCUT2D eigenvalue weighted by Gasteiger charge is -2.26. The molecule has 1 aliphatic carbocycles. The van der Waals surface area contributed by atoms with Crippen molar-refractivity contribution < 1.29 is 20.7 Å². The summed E-state index contributed by atoms with van der Waals surface area (Å²) in [6, 6.07) is 15.6. The number of benzene rings is 2. The molecule has 4 nitrogen and oxygen atoms in total. The minimum Gasteiger partial charge on any atom is -0.426 e. The van der Waals surface area contributed by atoms with Crippen LogP contribution in [0, 0.1) is 11.8 Å². The third-order valence-electron chi connectivity index (χ3n) is 5.35. The highest BCUT2D eigenvalue weighted by Gasteiger charge is 2.28. The Morgan fingerprint density at radius 1 is 0.964 bits per heavy atom. The fourth-order valence-electron chi connectivity index (χ4n) is 3.44. The van der Waals surface area contributed by atoms with Crippen LogP contribution in [0.3, 0.4) is 0 Å². The molecule has 1 saturated carbocycles. The molecule has 0 aromatic heterocycles. The van der Waals surface area contributed by atoms with Crippen molar-refractivity contribution in [1.29, 1.82) is 0 Å². The van der Waals surface area contributed by atoms with Crippen LogP contribution in [0.25, 0.3) is 0 Å². The Morgan fingerprint density at radius 3 is 2.18 bits per heavy atom. The Balaban J connectivity index is 0.00000300. The fourth-order valence-corrected chi connectivity index (χ4v) is 3.71. The molecule has 0 spiro atoms. The molecular formula is C23H31O4P. The van der Waals surface area contributed by atoms with Crippen LogP contribution in [0.5, 0.6) is 11.5 Å². The van der Waals surface area contributed by atoms with Crippen LogP contribution in [-0.2, 0) is 22.3 Å². The van der Waals surface area contributed by atoms with Gasteiger partial charge in [0.2, 0.25) is 0 Å². The molecule has 0 saturated heterocycles. The number of carbonyl (C=O) groups excluding carboxylic acids is 1. The molecule has 0 aliphatic heterocycles. The lowest BCUT2D eigenvalue weighted by atomic mass is 9.82. The highest BCUT2D eigenvalue weighted by molar-refractivity contribution is 7.15. The molecule has 0 bridgehead atoms. The van der Waals surface area contributed by atoms with Gasteiger partial charge in [0.1, 0.15) is 5.75 Å². The molecular weight excluding hydrogens is 371 g/mol. The molecule has 5 heteroatoms. The zero-order valence-electron chi connectivity index (χ0n) is 16.4. The number of carbonyl (C=O) groups is 1. The molecule has 1 aliphatic rings. The van der Waals surface area contributed by atoms with E-state index >= 15 is 0 Å². The lowest BCUT2D eigenvalue weighted by molar-refractivity contribution is -0.218. The van der Waals surface area contributed by atoms with Crippen LogP contribution in [0.4, 0.5) is 0 Å². The second-order valence-corrected chi connectivity index (χ2v) is 7.76. The number of aryl methyl sites for hydroxylation is 1. The molecule has 2 aromatic rings. The smallest absolute Gasteiger partial charge is 0.314 e. The van der Waals surface area contributed by atoms with Gasteiger partial charge in [0.15, 0.2) is 5.75 Å². The first-order valence-electron chi connectivity index (χ1n) is 10.1. The quantitative estimate of drug-likeness (QED) is 0.190. The first kappa shape index (κ1) is 20.8. The van der Waals surface area contributed by atoms with Crippen LogP contribution in [0.15, 0.2) is 48.5 Å². The van der Waals surface area contributed by atoms with E-state index in [9.17, 15) is 4.79 Å². The third kappa shape index (κ3) is 6.05. The zero-order valence-corrected chi connectivity index (χ0v) is 17.6. The summed E-state index contributed by atoms with van der Waals surface area (Å²) in [6.07, 6.45) is 5.47. The molecule has 2 aromatic carbocycles. The minimum absolute atomic E-state index is 0. The van der Waals surface area contributed by atoms with Gasteiger partial charge in [0.25, 0.3) is 0 Å². The van der Waals surface area contributed by atoms with E-state index in [-0.39, 0.29) is 13.3 Å². The van der Waals surface area contributed by atoms with Gasteiger partial charge in [-0.1, -0.05) is 31.2 Å². The number of rotatable bonds is 8. The van der Waals surface area contributed by atoms with E-state index in [1.165, 1.54) is 11.1 Å². The van der Waals surface area contributed by atoms with Crippen molar-refractivity contribution in [3.63, 3.8) is 0 Å². The summed E-state index contributed by atoms with van der Waals surface area (Å²) < 4.78 is 5.54. The van der Waals surface area contributed by atoms with E-state index in [1.807, 2.05) is 48.5 Å². The molecule has 1 unspecified atom stereocenters. The Morgan fingerprint density at radius 2 is 1.57 bits per heavy atom. The first-order valence-corrected chi connectivity index (χ1v) is 10.9. The van der Waals surface area contributed by atoms with Gasteiger partial charge in [-0.25, -0.2) is 0 Å². The molecule has 28 heavy (non-hydrogen) atoms. The van der Waals surface area contributed by atoms with Crippen LogP contribution < -0.4 is 9.62 Å². The lowest BCUT2D eigenvalue weighted by Crippen LogP contribution is -2.27. The van der Waals surface area contributed by atoms with Gasteiger partial charge in [-0.2, -0.15) is 4.89 Å². The molecule has 3 rings (SSSR count). The van der Waals surface area contributed by atoms with Crippen molar-refractivity contribution >= 4 is 15.2 Å². The molecule has 1 atom stereocenters. The average molecular weight is 402 g/mol. The Labute approximate surface area is 171 Å². The number of ether oxygens (including phenoxy) is 1. The van der Waals surface area contributed by atoms with E-state index in [0.717, 1.165) is 44.0 Å². The second kappa shape index (κ2) is 10.6. The monoisotopic (exact) mass is 402 g/mol. The van der Waals surface area contributed by atoms with E-state index in [4.69, 9.17) is 14.5 Å². The summed E-state index contributed by atoms with van der Waals surface area (Å²) in [4.78, 5) is 23.2. The third-order valence-corrected chi connectivity index (χ3v) is 5.82. The normalized spacial score (nSPS) is 19.2. The van der Waals surface area contributed by atoms with Crippen molar-refractivity contribution in [2.75, 3.05) is 6.61 Å². The van der Waals surface area contributed by atoms with Gasteiger partial charge in [-0.3, -0.25) is 4.79 Å². The Kier molecular flexibility index (Phi) is 7.88. The van der Waals surface area contributed by atoms with Crippen LogP contribution in [0.2, 0.25) is 0 Å². The Bertz CT molecular complexity index is 740. The number of esters is 1. The average Bonchev–Trinajstić information content (AvgIpc) is 2.75. The summed E-state index contributed by atoms with van der Waals surface area (Å²) in [6.45, 7) is 2.67.